The monoisotopic (exact) mass is 246 g/mol. The zero-order valence-electron chi connectivity index (χ0n) is 11.7. The van der Waals surface area contributed by atoms with Gasteiger partial charge in [0.15, 0.2) is 0 Å². The Bertz CT molecular complexity index is 462. The summed E-state index contributed by atoms with van der Waals surface area (Å²) in [6, 6.07) is 6.15. The maximum Gasteiger partial charge on any atom is 0.339 e. The van der Waals surface area contributed by atoms with Gasteiger partial charge in [-0.2, -0.15) is 0 Å². The lowest BCUT2D eigenvalue weighted by Gasteiger charge is -2.27. The first-order chi connectivity index (χ1) is 8.54. The zero-order valence-corrected chi connectivity index (χ0v) is 11.7. The summed E-state index contributed by atoms with van der Waals surface area (Å²) in [4.78, 5) is 12.0. The Labute approximate surface area is 109 Å². The minimum absolute atomic E-state index is 0.157. The Kier molecular flexibility index (Phi) is 3.47. The maximum absolute atomic E-state index is 12.0. The van der Waals surface area contributed by atoms with Crippen LogP contribution in [0.2, 0.25) is 0 Å². The fraction of sp³-hybridized carbons (Fsp3) is 0.562. The topological polar surface area (TPSA) is 26.3 Å². The highest BCUT2D eigenvalue weighted by Crippen LogP contribution is 2.43. The summed E-state index contributed by atoms with van der Waals surface area (Å²) in [5.74, 6) is 0.317. The number of hydrogen-bond donors (Lipinski definition) is 0. The average molecular weight is 246 g/mol. The summed E-state index contributed by atoms with van der Waals surface area (Å²) in [7, 11) is 0. The first kappa shape index (κ1) is 13.1. The number of rotatable bonds is 4. The van der Waals surface area contributed by atoms with E-state index in [1.54, 1.807) is 0 Å². The molecule has 1 aromatic carbocycles. The molecule has 1 aromatic rings. The van der Waals surface area contributed by atoms with Crippen LogP contribution in [-0.2, 0) is 10.3 Å². The van der Waals surface area contributed by atoms with Gasteiger partial charge in [0.1, 0.15) is 5.60 Å². The highest BCUT2D eigenvalue weighted by Gasteiger charge is 2.43. The summed E-state index contributed by atoms with van der Waals surface area (Å²) in [6.45, 7) is 8.58. The number of carbonyl (C=O) groups excluding carboxylic acids is 1. The van der Waals surface area contributed by atoms with Crippen molar-refractivity contribution in [3.63, 3.8) is 0 Å². The number of ether oxygens (including phenoxy) is 1. The van der Waals surface area contributed by atoms with Gasteiger partial charge in [0, 0.05) is 5.56 Å². The minimum Gasteiger partial charge on any atom is -0.451 e. The van der Waals surface area contributed by atoms with Gasteiger partial charge in [0.05, 0.1) is 5.56 Å². The molecule has 0 N–H and O–H groups in total. The predicted octanol–water partition coefficient (Wildman–Crippen LogP) is 4.39. The van der Waals surface area contributed by atoms with E-state index < -0.39 is 0 Å². The second-order valence-electron chi connectivity index (χ2n) is 5.45. The smallest absolute Gasteiger partial charge is 0.339 e. The van der Waals surface area contributed by atoms with Gasteiger partial charge in [-0.05, 0) is 30.4 Å². The number of cyclic esters (lactones) is 1. The molecule has 0 bridgehead atoms. The van der Waals surface area contributed by atoms with Crippen molar-refractivity contribution in [3.05, 3.63) is 34.9 Å². The molecular weight excluding hydrogens is 224 g/mol. The largest absolute Gasteiger partial charge is 0.451 e. The molecule has 1 aliphatic rings. The van der Waals surface area contributed by atoms with Crippen LogP contribution in [0.5, 0.6) is 0 Å². The molecule has 1 unspecified atom stereocenters. The van der Waals surface area contributed by atoms with E-state index in [2.05, 4.69) is 33.8 Å². The van der Waals surface area contributed by atoms with Gasteiger partial charge < -0.3 is 4.74 Å². The van der Waals surface area contributed by atoms with Crippen LogP contribution in [-0.4, -0.2) is 5.97 Å². The van der Waals surface area contributed by atoms with Gasteiger partial charge in [0.25, 0.3) is 0 Å². The van der Waals surface area contributed by atoms with Gasteiger partial charge in [-0.3, -0.25) is 0 Å². The normalized spacial score (nSPS) is 22.2. The molecule has 1 aliphatic heterocycles. The molecule has 2 nitrogen and oxygen atoms in total. The molecule has 2 rings (SSSR count). The van der Waals surface area contributed by atoms with Crippen molar-refractivity contribution in [3.8, 4) is 0 Å². The first-order valence-corrected chi connectivity index (χ1v) is 6.92. The molecular formula is C16H22O2. The van der Waals surface area contributed by atoms with Crippen LogP contribution in [0.15, 0.2) is 18.2 Å². The van der Waals surface area contributed by atoms with Crippen molar-refractivity contribution in [1.82, 2.24) is 0 Å². The van der Waals surface area contributed by atoms with E-state index in [0.29, 0.717) is 5.92 Å². The van der Waals surface area contributed by atoms with Gasteiger partial charge in [0.2, 0.25) is 0 Å². The van der Waals surface area contributed by atoms with Crippen LogP contribution in [0, 0.1) is 0 Å². The molecule has 0 amide bonds. The lowest BCUT2D eigenvalue weighted by molar-refractivity contribution is -0.0154. The number of esters is 1. The Balaban J connectivity index is 2.54. The molecule has 0 fully saturated rings. The van der Waals surface area contributed by atoms with Gasteiger partial charge in [-0.1, -0.05) is 46.2 Å². The molecule has 1 atom stereocenters. The number of hydrogen-bond acceptors (Lipinski definition) is 2. The molecule has 0 saturated carbocycles. The molecule has 18 heavy (non-hydrogen) atoms. The van der Waals surface area contributed by atoms with E-state index in [1.165, 1.54) is 5.56 Å². The van der Waals surface area contributed by atoms with Crippen molar-refractivity contribution < 1.29 is 9.53 Å². The van der Waals surface area contributed by atoms with Crippen molar-refractivity contribution in [2.75, 3.05) is 0 Å². The molecule has 2 heteroatoms. The van der Waals surface area contributed by atoms with E-state index in [4.69, 9.17) is 4.74 Å². The van der Waals surface area contributed by atoms with Crippen molar-refractivity contribution >= 4 is 5.97 Å². The minimum atomic E-state index is -0.383. The molecule has 0 aromatic heterocycles. The summed E-state index contributed by atoms with van der Waals surface area (Å²) in [6.07, 6.45) is 2.78. The Morgan fingerprint density at radius 2 is 2.00 bits per heavy atom. The van der Waals surface area contributed by atoms with E-state index >= 15 is 0 Å². The second-order valence-corrected chi connectivity index (χ2v) is 5.45. The lowest BCUT2D eigenvalue weighted by Crippen LogP contribution is -2.25. The molecule has 0 aliphatic carbocycles. The fourth-order valence-electron chi connectivity index (χ4n) is 2.79. The summed E-state index contributed by atoms with van der Waals surface area (Å²) in [5.41, 5.74) is 2.75. The third-order valence-corrected chi connectivity index (χ3v) is 3.93. The van der Waals surface area contributed by atoms with Gasteiger partial charge in [-0.25, -0.2) is 4.79 Å². The highest BCUT2D eigenvalue weighted by atomic mass is 16.6. The van der Waals surface area contributed by atoms with Crippen LogP contribution in [0.4, 0.5) is 0 Å². The summed E-state index contributed by atoms with van der Waals surface area (Å²) >= 11 is 0. The Morgan fingerprint density at radius 3 is 2.56 bits per heavy atom. The van der Waals surface area contributed by atoms with Crippen molar-refractivity contribution in [2.45, 2.75) is 58.5 Å². The summed E-state index contributed by atoms with van der Waals surface area (Å²) < 4.78 is 5.70. The van der Waals surface area contributed by atoms with Gasteiger partial charge >= 0.3 is 5.97 Å². The fourth-order valence-corrected chi connectivity index (χ4v) is 2.79. The van der Waals surface area contributed by atoms with Crippen LogP contribution in [0.25, 0.3) is 0 Å². The van der Waals surface area contributed by atoms with Crippen LogP contribution >= 0.6 is 0 Å². The van der Waals surface area contributed by atoms with Gasteiger partial charge in [-0.15, -0.1) is 0 Å². The van der Waals surface area contributed by atoms with Crippen LogP contribution in [0.3, 0.4) is 0 Å². The molecule has 98 valence electrons. The third kappa shape index (κ3) is 1.94. The SMILES string of the molecule is CCCC1(CC)OC(=O)c2ccc(C(C)C)cc21. The average Bonchev–Trinajstić information content (AvgIpc) is 2.63. The first-order valence-electron chi connectivity index (χ1n) is 6.92. The number of fused-ring (bicyclic) bond motifs is 1. The lowest BCUT2D eigenvalue weighted by atomic mass is 9.84. The third-order valence-electron chi connectivity index (χ3n) is 3.93. The van der Waals surface area contributed by atoms with E-state index in [0.717, 1.165) is 30.4 Å². The molecule has 0 spiro atoms. The van der Waals surface area contributed by atoms with Crippen molar-refractivity contribution in [2.24, 2.45) is 0 Å². The molecule has 0 radical (unpaired) electrons. The van der Waals surface area contributed by atoms with Crippen LogP contribution in [0.1, 0.15) is 74.4 Å². The van der Waals surface area contributed by atoms with E-state index in [-0.39, 0.29) is 11.6 Å². The zero-order chi connectivity index (χ0) is 13.3. The van der Waals surface area contributed by atoms with Crippen LogP contribution < -0.4 is 0 Å². The Morgan fingerprint density at radius 1 is 1.28 bits per heavy atom. The quantitative estimate of drug-likeness (QED) is 0.737. The summed E-state index contributed by atoms with van der Waals surface area (Å²) in [5, 5.41) is 0. The number of benzene rings is 1. The second kappa shape index (κ2) is 4.75. The number of carbonyl (C=O) groups is 1. The van der Waals surface area contributed by atoms with E-state index in [1.807, 2.05) is 12.1 Å². The highest BCUT2D eigenvalue weighted by molar-refractivity contribution is 5.94. The predicted molar refractivity (Wildman–Crippen MR) is 72.8 cm³/mol. The Hall–Kier alpha value is -1.31. The standard InChI is InChI=1S/C16H22O2/c1-5-9-16(6-2)14-10-12(11(3)4)7-8-13(14)15(17)18-16/h7-8,10-11H,5-6,9H2,1-4H3. The molecule has 1 heterocycles. The van der Waals surface area contributed by atoms with Crippen molar-refractivity contribution in [1.29, 1.82) is 0 Å². The maximum atomic E-state index is 12.0. The molecule has 0 saturated heterocycles. The van der Waals surface area contributed by atoms with E-state index in [9.17, 15) is 4.79 Å².